The molecule has 0 radical (unpaired) electrons. The standard InChI is InChI=1S/C32H30N4O3S/c37-30(25-11-17-29(18-12-25)39-23-24-7-3-1-4-8-24)34-32(40)33-27-13-15-28(16-14-27)35-19-21-36(22-20-35)31(38)26-9-5-2-6-10-26/h1-18H,19-23H2,(H2,33,34,37,40). The molecule has 2 N–H and O–H groups in total. The summed E-state index contributed by atoms with van der Waals surface area (Å²) in [6, 6.07) is 34.1. The molecule has 8 heteroatoms. The SMILES string of the molecule is O=C(NC(=S)Nc1ccc(N2CCN(C(=O)c3ccccc3)CC2)cc1)c1ccc(OCc2ccccc2)cc1. The molecular formula is C32H30N4O3S. The fourth-order valence-electron chi connectivity index (χ4n) is 4.47. The summed E-state index contributed by atoms with van der Waals surface area (Å²) in [5.41, 5.74) is 4.13. The van der Waals surface area contributed by atoms with E-state index in [0.717, 1.165) is 35.6 Å². The van der Waals surface area contributed by atoms with E-state index in [2.05, 4.69) is 15.5 Å². The van der Waals surface area contributed by atoms with Gasteiger partial charge in [0.2, 0.25) is 0 Å². The molecule has 4 aromatic carbocycles. The number of piperazine rings is 1. The summed E-state index contributed by atoms with van der Waals surface area (Å²) >= 11 is 5.35. The van der Waals surface area contributed by atoms with Crippen LogP contribution in [0.4, 0.5) is 11.4 Å². The van der Waals surface area contributed by atoms with Crippen LogP contribution in [0.3, 0.4) is 0 Å². The summed E-state index contributed by atoms with van der Waals surface area (Å²) in [7, 11) is 0. The Balaban J connectivity index is 1.07. The third-order valence-electron chi connectivity index (χ3n) is 6.67. The van der Waals surface area contributed by atoms with Crippen LogP contribution in [-0.4, -0.2) is 48.0 Å². The summed E-state index contributed by atoms with van der Waals surface area (Å²) in [5.74, 6) is 0.458. The number of carbonyl (C=O) groups is 2. The summed E-state index contributed by atoms with van der Waals surface area (Å²) < 4.78 is 5.78. The maximum absolute atomic E-state index is 12.7. The van der Waals surface area contributed by atoms with Gasteiger partial charge in [-0.25, -0.2) is 0 Å². The Kier molecular flexibility index (Phi) is 8.68. The molecule has 0 atom stereocenters. The number of hydrogen-bond acceptors (Lipinski definition) is 5. The molecular weight excluding hydrogens is 520 g/mol. The van der Waals surface area contributed by atoms with Crippen LogP contribution in [0.2, 0.25) is 0 Å². The average molecular weight is 551 g/mol. The van der Waals surface area contributed by atoms with Crippen molar-refractivity contribution >= 4 is 40.5 Å². The zero-order valence-corrected chi connectivity index (χ0v) is 22.8. The first-order valence-electron chi connectivity index (χ1n) is 13.1. The van der Waals surface area contributed by atoms with E-state index in [0.29, 0.717) is 31.0 Å². The highest BCUT2D eigenvalue weighted by Crippen LogP contribution is 2.20. The molecule has 0 spiro atoms. The van der Waals surface area contributed by atoms with Crippen molar-refractivity contribution in [3.63, 3.8) is 0 Å². The molecule has 5 rings (SSSR count). The van der Waals surface area contributed by atoms with Crippen LogP contribution in [0.25, 0.3) is 0 Å². The topological polar surface area (TPSA) is 73.9 Å². The minimum Gasteiger partial charge on any atom is -0.489 e. The van der Waals surface area contributed by atoms with E-state index in [4.69, 9.17) is 17.0 Å². The number of thiocarbonyl (C=S) groups is 1. The third-order valence-corrected chi connectivity index (χ3v) is 6.87. The van der Waals surface area contributed by atoms with Crippen LogP contribution in [0, 0.1) is 0 Å². The predicted octanol–water partition coefficient (Wildman–Crippen LogP) is 5.35. The van der Waals surface area contributed by atoms with Crippen LogP contribution >= 0.6 is 12.2 Å². The van der Waals surface area contributed by atoms with Gasteiger partial charge in [-0.1, -0.05) is 48.5 Å². The molecule has 1 aliphatic rings. The zero-order chi connectivity index (χ0) is 27.7. The van der Waals surface area contributed by atoms with Crippen molar-refractivity contribution in [2.45, 2.75) is 6.61 Å². The van der Waals surface area contributed by atoms with Crippen molar-refractivity contribution < 1.29 is 14.3 Å². The Hall–Kier alpha value is -4.69. The lowest BCUT2D eigenvalue weighted by atomic mass is 10.1. The number of benzene rings is 4. The van der Waals surface area contributed by atoms with Gasteiger partial charge in [-0.15, -0.1) is 0 Å². The molecule has 0 aliphatic carbocycles. The lowest BCUT2D eigenvalue weighted by molar-refractivity contribution is 0.0746. The Morgan fingerprint density at radius 3 is 2.00 bits per heavy atom. The maximum atomic E-state index is 12.7. The lowest BCUT2D eigenvalue weighted by Gasteiger charge is -2.36. The first-order valence-corrected chi connectivity index (χ1v) is 13.5. The number of hydrogen-bond donors (Lipinski definition) is 2. The van der Waals surface area contributed by atoms with E-state index in [1.807, 2.05) is 89.8 Å². The molecule has 7 nitrogen and oxygen atoms in total. The van der Waals surface area contributed by atoms with Gasteiger partial charge in [0, 0.05) is 48.7 Å². The van der Waals surface area contributed by atoms with Crippen LogP contribution in [-0.2, 0) is 6.61 Å². The summed E-state index contributed by atoms with van der Waals surface area (Å²) in [6.45, 7) is 3.32. The van der Waals surface area contributed by atoms with Gasteiger partial charge < -0.3 is 19.9 Å². The van der Waals surface area contributed by atoms with E-state index in [1.54, 1.807) is 24.3 Å². The van der Waals surface area contributed by atoms with Gasteiger partial charge in [0.1, 0.15) is 12.4 Å². The van der Waals surface area contributed by atoms with Gasteiger partial charge in [-0.2, -0.15) is 0 Å². The molecule has 0 bridgehead atoms. The highest BCUT2D eigenvalue weighted by molar-refractivity contribution is 7.80. The zero-order valence-electron chi connectivity index (χ0n) is 22.0. The highest BCUT2D eigenvalue weighted by Gasteiger charge is 2.22. The second-order valence-corrected chi connectivity index (χ2v) is 9.81. The minimum absolute atomic E-state index is 0.0719. The second-order valence-electron chi connectivity index (χ2n) is 9.40. The summed E-state index contributed by atoms with van der Waals surface area (Å²) in [4.78, 5) is 29.5. The van der Waals surface area contributed by atoms with Crippen LogP contribution in [0.15, 0.2) is 109 Å². The summed E-state index contributed by atoms with van der Waals surface area (Å²) in [6.07, 6.45) is 0. The number of amides is 2. The normalized spacial score (nSPS) is 12.9. The molecule has 2 amide bonds. The van der Waals surface area contributed by atoms with Crippen LogP contribution < -0.4 is 20.3 Å². The van der Waals surface area contributed by atoms with Crippen molar-refractivity contribution in [3.05, 3.63) is 126 Å². The number of nitrogens with one attached hydrogen (secondary N) is 2. The molecule has 1 aliphatic heterocycles. The first kappa shape index (κ1) is 26.9. The first-order chi connectivity index (χ1) is 19.5. The molecule has 0 unspecified atom stereocenters. The van der Waals surface area contributed by atoms with Gasteiger partial charge in [0.05, 0.1) is 0 Å². The van der Waals surface area contributed by atoms with Gasteiger partial charge in [0.25, 0.3) is 11.8 Å². The fourth-order valence-corrected chi connectivity index (χ4v) is 4.68. The average Bonchev–Trinajstić information content (AvgIpc) is 3.01. The maximum Gasteiger partial charge on any atom is 0.257 e. The number of nitrogens with zero attached hydrogens (tertiary/aromatic N) is 2. The molecule has 4 aromatic rings. The van der Waals surface area contributed by atoms with E-state index in [-0.39, 0.29) is 16.9 Å². The molecule has 1 heterocycles. The number of ether oxygens (including phenoxy) is 1. The largest absolute Gasteiger partial charge is 0.489 e. The van der Waals surface area contributed by atoms with Crippen molar-refractivity contribution in [2.75, 3.05) is 36.4 Å². The molecule has 40 heavy (non-hydrogen) atoms. The highest BCUT2D eigenvalue weighted by atomic mass is 32.1. The quantitative estimate of drug-likeness (QED) is 0.302. The Labute approximate surface area is 239 Å². The van der Waals surface area contributed by atoms with Gasteiger partial charge in [-0.3, -0.25) is 14.9 Å². The third kappa shape index (κ3) is 7.03. The van der Waals surface area contributed by atoms with Gasteiger partial charge in [-0.05, 0) is 78.4 Å². The van der Waals surface area contributed by atoms with E-state index in [1.165, 1.54) is 0 Å². The Morgan fingerprint density at radius 2 is 1.35 bits per heavy atom. The molecule has 0 saturated carbocycles. The fraction of sp³-hybridized carbons (Fsp3) is 0.156. The summed E-state index contributed by atoms with van der Waals surface area (Å²) in [5, 5.41) is 6.01. The van der Waals surface area contributed by atoms with Crippen LogP contribution in [0.1, 0.15) is 26.3 Å². The van der Waals surface area contributed by atoms with E-state index >= 15 is 0 Å². The van der Waals surface area contributed by atoms with Gasteiger partial charge >= 0.3 is 0 Å². The minimum atomic E-state index is -0.299. The number of carbonyl (C=O) groups excluding carboxylic acids is 2. The van der Waals surface area contributed by atoms with Crippen molar-refractivity contribution in [1.82, 2.24) is 10.2 Å². The van der Waals surface area contributed by atoms with Crippen molar-refractivity contribution in [1.29, 1.82) is 0 Å². The second kappa shape index (κ2) is 12.9. The Bertz CT molecular complexity index is 1440. The van der Waals surface area contributed by atoms with E-state index in [9.17, 15) is 9.59 Å². The molecule has 0 aromatic heterocycles. The molecule has 202 valence electrons. The van der Waals surface area contributed by atoms with Gasteiger partial charge in [0.15, 0.2) is 5.11 Å². The predicted molar refractivity (Wildman–Crippen MR) is 162 cm³/mol. The van der Waals surface area contributed by atoms with Crippen molar-refractivity contribution in [3.8, 4) is 5.75 Å². The van der Waals surface area contributed by atoms with Crippen LogP contribution in [0.5, 0.6) is 5.75 Å². The smallest absolute Gasteiger partial charge is 0.257 e. The molecule has 1 fully saturated rings. The van der Waals surface area contributed by atoms with E-state index < -0.39 is 0 Å². The number of rotatable bonds is 7. The lowest BCUT2D eigenvalue weighted by Crippen LogP contribution is -2.48. The van der Waals surface area contributed by atoms with Crippen molar-refractivity contribution in [2.24, 2.45) is 0 Å². The molecule has 1 saturated heterocycles. The number of anilines is 2. The Morgan fingerprint density at radius 1 is 0.725 bits per heavy atom. The monoisotopic (exact) mass is 550 g/mol.